The molecule has 3 amide bonds. The number of halogens is 15. The maximum atomic E-state index is 15.5. The van der Waals surface area contributed by atoms with Crippen LogP contribution < -0.4 is 31.4 Å². The summed E-state index contributed by atoms with van der Waals surface area (Å²) in [5, 5.41) is 58.1. The van der Waals surface area contributed by atoms with Crippen LogP contribution in [0.4, 0.5) is 52.2 Å². The van der Waals surface area contributed by atoms with Crippen LogP contribution in [-0.2, 0) is 14.4 Å². The van der Waals surface area contributed by atoms with Gasteiger partial charge in [-0.3, -0.25) is 57.4 Å². The minimum atomic E-state index is -2.00. The maximum Gasteiger partial charge on any atom is 0.276 e. The molecular weight excluding hydrogens is 1950 g/mol. The number of pyridine rings is 9. The fourth-order valence-corrected chi connectivity index (χ4v) is 19.1. The first-order valence-electron chi connectivity index (χ1n) is 42.4. The lowest BCUT2D eigenvalue weighted by Gasteiger charge is -2.41. The average Bonchev–Trinajstić information content (AvgIpc) is 0.726. The van der Waals surface area contributed by atoms with Crippen molar-refractivity contribution in [2.45, 2.75) is 119 Å². The van der Waals surface area contributed by atoms with E-state index in [-0.39, 0.29) is 200 Å². The van der Waals surface area contributed by atoms with Crippen LogP contribution in [0.2, 0.25) is 35.2 Å². The molecule has 3 N–H and O–H groups in total. The Hall–Kier alpha value is -13.4. The van der Waals surface area contributed by atoms with E-state index in [0.717, 1.165) is 0 Å². The second-order valence-electron chi connectivity index (χ2n) is 33.6. The monoisotopic (exact) mass is 2030 g/mol. The van der Waals surface area contributed by atoms with E-state index >= 15 is 13.2 Å². The number of rotatable bonds is 15. The molecule has 0 aliphatic carbocycles. The fraction of sp³-hybridized carbons (Fsp3) is 0.281. The Morgan fingerprint density at radius 2 is 0.652 bits per heavy atom. The molecule has 3 aliphatic heterocycles. The molecule has 0 saturated carbocycles. The lowest BCUT2D eigenvalue weighted by Crippen LogP contribution is -2.54. The number of hydrogen-bond donors (Lipinski definition) is 3. The number of carbonyl (C=O) groups excluding carboxylic acids is 3. The van der Waals surface area contributed by atoms with Crippen molar-refractivity contribution in [3.63, 3.8) is 0 Å². The number of nitriles is 3. The summed E-state index contributed by atoms with van der Waals surface area (Å²) in [7, 11) is 0. The molecule has 714 valence electrons. The van der Waals surface area contributed by atoms with Crippen LogP contribution >= 0.6 is 81.2 Å². The van der Waals surface area contributed by atoms with Gasteiger partial charge in [0.05, 0.1) is 115 Å². The van der Waals surface area contributed by atoms with Crippen molar-refractivity contribution < 1.29 is 64.8 Å². The quantitative estimate of drug-likeness (QED) is 0.0371. The zero-order valence-corrected chi connectivity index (χ0v) is 80.7. The Kier molecular flexibility index (Phi) is 29.8. The number of phenols is 3. The SMILES string of the molecule is C=CC(=O)N1CCN(c2c(C#N)c(=O)n(-c3c(C)ccnc3C(C)C)c3nc(-c4c(F)c(Cl)c(F)c(O)c4Cl)c(Cl)cc23)C[C@H]1C.C=CC(=O)N1CCN(c2c(C#N)c(=O)n(-c3c(C)ccnc3C(C)C)c3nc(-c4c(F)c(F)c(F)c(O)c4Cl)c(Cl)cc23)C[C@H]1C.C=CC(=O)N1CCN(c2c(C#N)c(=O)n(-c3c(C)ccnc3C(C)C)c3nc(-c4c(F)c(F)c(F)c(O)c4Cl)c(Cl)cc23)C[C@H]1C. The van der Waals surface area contributed by atoms with Gasteiger partial charge in [-0.15, -0.1) is 0 Å². The van der Waals surface area contributed by atoms with Crippen LogP contribution in [0, 0.1) is 101 Å². The molecule has 12 aromatic rings. The Balaban J connectivity index is 0.000000175. The first-order valence-corrected chi connectivity index (χ1v) is 45.0. The molecule has 27 nitrogen and oxygen atoms in total. The molecule has 3 fully saturated rings. The summed E-state index contributed by atoms with van der Waals surface area (Å²) < 4.78 is 121. The highest BCUT2D eigenvalue weighted by molar-refractivity contribution is 6.40. The molecule has 0 bridgehead atoms. The van der Waals surface area contributed by atoms with E-state index in [9.17, 15) is 81.8 Å². The topological polar surface area (TPSA) is 346 Å². The zero-order chi connectivity index (χ0) is 101. The van der Waals surface area contributed by atoms with Gasteiger partial charge in [0.1, 0.15) is 56.9 Å². The van der Waals surface area contributed by atoms with Crippen molar-refractivity contribution >= 4 is 149 Å². The van der Waals surface area contributed by atoms with Gasteiger partial charge in [0.15, 0.2) is 52.2 Å². The molecule has 0 unspecified atom stereocenters. The van der Waals surface area contributed by atoms with Crippen LogP contribution in [0.1, 0.15) is 131 Å². The molecule has 9 aromatic heterocycles. The van der Waals surface area contributed by atoms with Gasteiger partial charge in [-0.05, 0) is 131 Å². The van der Waals surface area contributed by atoms with Crippen LogP contribution in [0.15, 0.2) is 107 Å². The molecule has 42 heteroatoms. The number of carbonyl (C=O) groups is 3. The van der Waals surface area contributed by atoms with Crippen molar-refractivity contribution in [1.82, 2.24) is 58.3 Å². The van der Waals surface area contributed by atoms with Gasteiger partial charge in [-0.2, -0.15) is 24.6 Å². The summed E-state index contributed by atoms with van der Waals surface area (Å²) in [5.41, 5.74) is -1.96. The third-order valence-electron chi connectivity index (χ3n) is 24.0. The van der Waals surface area contributed by atoms with E-state index in [1.807, 2.05) is 60.6 Å². The first kappa shape index (κ1) is 102. The predicted octanol–water partition coefficient (Wildman–Crippen LogP) is 19.7. The lowest BCUT2D eigenvalue weighted by atomic mass is 10.0. The van der Waals surface area contributed by atoms with Gasteiger partial charge < -0.3 is 44.7 Å². The second kappa shape index (κ2) is 40.3. The number of nitrogens with zero attached hydrogens (tertiary/aromatic N) is 18. The number of phenolic OH excluding ortho intramolecular Hbond substituents is 3. The lowest BCUT2D eigenvalue weighted by molar-refractivity contribution is -0.129. The Morgan fingerprint density at radius 3 is 0.891 bits per heavy atom. The van der Waals surface area contributed by atoms with E-state index in [0.29, 0.717) is 50.8 Å². The normalized spacial score (nSPS) is 15.0. The number of aromatic nitrogens is 9. The minimum Gasteiger partial charge on any atom is -0.504 e. The van der Waals surface area contributed by atoms with E-state index in [1.54, 1.807) is 101 Å². The molecule has 0 radical (unpaired) electrons. The van der Waals surface area contributed by atoms with Gasteiger partial charge >= 0.3 is 0 Å². The third kappa shape index (κ3) is 17.7. The van der Waals surface area contributed by atoms with Crippen LogP contribution in [0.3, 0.4) is 0 Å². The molecule has 0 spiro atoms. The summed E-state index contributed by atoms with van der Waals surface area (Å²) in [4.78, 5) is 118. The van der Waals surface area contributed by atoms with E-state index in [1.165, 1.54) is 50.1 Å². The molecule has 3 saturated heterocycles. The number of fused-ring (bicyclic) bond motifs is 3. The molecule has 15 rings (SSSR count). The van der Waals surface area contributed by atoms with E-state index in [2.05, 4.69) is 55.7 Å². The Labute approximate surface area is 817 Å². The summed E-state index contributed by atoms with van der Waals surface area (Å²) in [5.74, 6) is -19.3. The van der Waals surface area contributed by atoms with Crippen LogP contribution in [0.5, 0.6) is 17.2 Å². The Morgan fingerprint density at radius 1 is 0.399 bits per heavy atom. The van der Waals surface area contributed by atoms with Gasteiger partial charge in [0, 0.05) is 112 Å². The molecule has 3 aromatic carbocycles. The molecule has 3 atom stereocenters. The summed E-state index contributed by atoms with van der Waals surface area (Å²) >= 11 is 44.3. The van der Waals surface area contributed by atoms with Gasteiger partial charge in [0.25, 0.3) is 16.7 Å². The standard InChI is InChI=1S/C32H27Cl3F2N6O3.2C32H27Cl2F3N6O3/c1-6-20(44)42-10-9-41(13-16(42)5)29-17-11-19(33)27(21-22(34)30(45)25(37)23(35)24(21)36)40-31(17)43(32(46)18(29)12-38)28-15(4)7-8-39-26(28)14(2)3;2*1-6-20(44)42-10-9-41(13-16(42)5)29-17-11-19(33)27(21-22(34)30(45)25(37)24(36)23(21)35)40-31(17)43(32(46)18(29)12-38)28-15(4)7-8-39-26(28)14(2)3/h3*6-8,11,14,16,45H,1,9-10,13H2,2-5H3/t3*16-/m111/s1. The number of aromatic hydroxyl groups is 3. The highest BCUT2D eigenvalue weighted by atomic mass is 35.5. The van der Waals surface area contributed by atoms with Gasteiger partial charge in [0.2, 0.25) is 29.4 Å². The number of benzene rings is 3. The van der Waals surface area contributed by atoms with Crippen molar-refractivity contribution in [3.05, 3.63) is 256 Å². The molecule has 138 heavy (non-hydrogen) atoms. The number of hydrogen-bond acceptors (Lipinski definition) is 21. The van der Waals surface area contributed by atoms with Crippen molar-refractivity contribution in [2.24, 2.45) is 0 Å². The predicted molar refractivity (Wildman–Crippen MR) is 513 cm³/mol. The van der Waals surface area contributed by atoms with Crippen LogP contribution in [0.25, 0.3) is 83.9 Å². The first-order chi connectivity index (χ1) is 65.2. The van der Waals surface area contributed by atoms with Crippen molar-refractivity contribution in [2.75, 3.05) is 73.6 Å². The highest BCUT2D eigenvalue weighted by Gasteiger charge is 2.40. The van der Waals surface area contributed by atoms with E-state index in [4.69, 9.17) is 81.2 Å². The summed E-state index contributed by atoms with van der Waals surface area (Å²) in [6, 6.07) is 14.2. The maximum absolute atomic E-state index is 15.5. The third-order valence-corrected chi connectivity index (χ3v) is 26.3. The second-order valence-corrected chi connectivity index (χ2v) is 36.3. The molecular formula is C96H81Cl7F8N18O9. The number of piperazine rings is 3. The average molecular weight is 2030 g/mol. The van der Waals surface area contributed by atoms with Crippen molar-refractivity contribution in [1.29, 1.82) is 15.8 Å². The highest BCUT2D eigenvalue weighted by Crippen LogP contribution is 2.50. The van der Waals surface area contributed by atoms with Crippen molar-refractivity contribution in [3.8, 4) is 86.3 Å². The minimum absolute atomic E-state index is 0.0379. The summed E-state index contributed by atoms with van der Waals surface area (Å²) in [6.45, 7) is 34.7. The molecule has 3 aliphatic rings. The van der Waals surface area contributed by atoms with Crippen LogP contribution in [-0.4, -0.2) is 168 Å². The fourth-order valence-electron chi connectivity index (χ4n) is 17.4. The number of amides is 3. The molecule has 12 heterocycles. The Bertz CT molecular complexity index is 6790. The number of anilines is 3. The summed E-state index contributed by atoms with van der Waals surface area (Å²) in [6.07, 6.45) is 8.37. The largest absolute Gasteiger partial charge is 0.504 e. The van der Waals surface area contributed by atoms with E-state index < -0.39 is 129 Å². The smallest absolute Gasteiger partial charge is 0.276 e. The number of aryl methyl sites for hydroxylation is 3. The van der Waals surface area contributed by atoms with Gasteiger partial charge in [-0.1, -0.05) is 142 Å². The zero-order valence-electron chi connectivity index (χ0n) is 75.4. The van der Waals surface area contributed by atoms with Gasteiger partial charge in [-0.25, -0.2) is 41.3 Å².